The summed E-state index contributed by atoms with van der Waals surface area (Å²) in [6, 6.07) is 8.33. The fourth-order valence-electron chi connectivity index (χ4n) is 1.62. The molecule has 0 spiro atoms. The van der Waals surface area contributed by atoms with Crippen LogP contribution < -0.4 is 15.8 Å². The fraction of sp³-hybridized carbons (Fsp3) is 0.167. The third-order valence-corrected chi connectivity index (χ3v) is 5.33. The minimum atomic E-state index is -3.47. The van der Waals surface area contributed by atoms with Crippen molar-refractivity contribution in [3.05, 3.63) is 39.5 Å². The number of nitrogen functional groups attached to an aromatic ring is 1. The second-order valence-electron chi connectivity index (χ2n) is 4.02. The number of sulfonamides is 1. The first kappa shape index (κ1) is 15.1. The minimum Gasteiger partial charge on any atom is -0.397 e. The van der Waals surface area contributed by atoms with Crippen LogP contribution in [0.15, 0.2) is 35.2 Å². The van der Waals surface area contributed by atoms with Gasteiger partial charge in [-0.1, -0.05) is 11.6 Å². The number of nitrogens with one attached hydrogen (secondary N) is 2. The highest BCUT2D eigenvalue weighted by molar-refractivity contribution is 7.89. The maximum Gasteiger partial charge on any atom is 0.240 e. The molecule has 0 radical (unpaired) electrons. The summed E-state index contributed by atoms with van der Waals surface area (Å²) in [7, 11) is -2.12. The Morgan fingerprint density at radius 2 is 2.05 bits per heavy atom. The van der Waals surface area contributed by atoms with E-state index in [-0.39, 0.29) is 4.90 Å². The molecular formula is C12H14ClN3O2S2. The SMILES string of the molecule is CNS(=O)(=O)c1ccc(NCc2ccc(Cl)s2)c(N)c1. The number of halogens is 1. The average molecular weight is 332 g/mol. The molecule has 1 aromatic carbocycles. The van der Waals surface area contributed by atoms with Crippen LogP contribution in [0.2, 0.25) is 4.34 Å². The Kier molecular flexibility index (Phi) is 4.54. The molecule has 1 aromatic heterocycles. The number of hydrogen-bond donors (Lipinski definition) is 3. The monoisotopic (exact) mass is 331 g/mol. The fourth-order valence-corrected chi connectivity index (χ4v) is 3.41. The molecule has 1 heterocycles. The van der Waals surface area contributed by atoms with Crippen molar-refractivity contribution in [1.82, 2.24) is 4.72 Å². The first-order valence-electron chi connectivity index (χ1n) is 5.73. The van der Waals surface area contributed by atoms with E-state index in [9.17, 15) is 8.42 Å². The minimum absolute atomic E-state index is 0.141. The Balaban J connectivity index is 2.14. The van der Waals surface area contributed by atoms with Gasteiger partial charge >= 0.3 is 0 Å². The summed E-state index contributed by atoms with van der Waals surface area (Å²) in [5.74, 6) is 0. The van der Waals surface area contributed by atoms with Crippen LogP contribution in [0.5, 0.6) is 0 Å². The highest BCUT2D eigenvalue weighted by Gasteiger charge is 2.12. The van der Waals surface area contributed by atoms with Crippen molar-refractivity contribution >= 4 is 44.3 Å². The van der Waals surface area contributed by atoms with Gasteiger partial charge in [-0.05, 0) is 37.4 Å². The molecule has 8 heteroatoms. The lowest BCUT2D eigenvalue weighted by atomic mass is 10.2. The molecule has 20 heavy (non-hydrogen) atoms. The number of anilines is 2. The van der Waals surface area contributed by atoms with Crippen LogP contribution in [0, 0.1) is 0 Å². The van der Waals surface area contributed by atoms with Crippen LogP contribution >= 0.6 is 22.9 Å². The van der Waals surface area contributed by atoms with E-state index in [1.165, 1.54) is 30.5 Å². The van der Waals surface area contributed by atoms with Gasteiger partial charge in [0, 0.05) is 11.4 Å². The highest BCUT2D eigenvalue weighted by Crippen LogP contribution is 2.25. The lowest BCUT2D eigenvalue weighted by Gasteiger charge is -2.10. The van der Waals surface area contributed by atoms with Crippen LogP contribution in [0.1, 0.15) is 4.88 Å². The smallest absolute Gasteiger partial charge is 0.240 e. The number of rotatable bonds is 5. The van der Waals surface area contributed by atoms with Gasteiger partial charge in [-0.2, -0.15) is 0 Å². The van der Waals surface area contributed by atoms with Crippen molar-refractivity contribution in [2.75, 3.05) is 18.1 Å². The molecule has 4 N–H and O–H groups in total. The van der Waals surface area contributed by atoms with Gasteiger partial charge < -0.3 is 11.1 Å². The van der Waals surface area contributed by atoms with Crippen molar-refractivity contribution in [2.45, 2.75) is 11.4 Å². The van der Waals surface area contributed by atoms with Crippen LogP contribution in [-0.2, 0) is 16.6 Å². The number of nitrogens with two attached hydrogens (primary N) is 1. The van der Waals surface area contributed by atoms with Crippen LogP contribution in [0.25, 0.3) is 0 Å². The molecule has 0 aliphatic heterocycles. The van der Waals surface area contributed by atoms with Crippen molar-refractivity contribution in [2.24, 2.45) is 0 Å². The summed E-state index contributed by atoms with van der Waals surface area (Å²) in [6.45, 7) is 0.583. The van der Waals surface area contributed by atoms with Gasteiger partial charge in [-0.25, -0.2) is 13.1 Å². The first-order chi connectivity index (χ1) is 9.42. The molecule has 0 atom stereocenters. The van der Waals surface area contributed by atoms with Crippen LogP contribution in [0.3, 0.4) is 0 Å². The van der Waals surface area contributed by atoms with Gasteiger partial charge in [-0.3, -0.25) is 0 Å². The summed E-state index contributed by atoms with van der Waals surface area (Å²) in [5, 5.41) is 3.15. The van der Waals surface area contributed by atoms with E-state index in [0.29, 0.717) is 17.9 Å². The van der Waals surface area contributed by atoms with E-state index in [2.05, 4.69) is 10.0 Å². The van der Waals surface area contributed by atoms with E-state index in [1.54, 1.807) is 6.07 Å². The third kappa shape index (κ3) is 3.43. The van der Waals surface area contributed by atoms with Gasteiger partial charge in [0.1, 0.15) is 0 Å². The Labute approximate surface area is 126 Å². The van der Waals surface area contributed by atoms with Gasteiger partial charge in [0.2, 0.25) is 10.0 Å². The quantitative estimate of drug-likeness (QED) is 0.735. The van der Waals surface area contributed by atoms with Gasteiger partial charge in [-0.15, -0.1) is 11.3 Å². The number of thiophene rings is 1. The maximum absolute atomic E-state index is 11.6. The summed E-state index contributed by atoms with van der Waals surface area (Å²) < 4.78 is 26.3. The second-order valence-corrected chi connectivity index (χ2v) is 7.70. The van der Waals surface area contributed by atoms with E-state index in [0.717, 1.165) is 9.21 Å². The van der Waals surface area contributed by atoms with E-state index in [1.807, 2.05) is 12.1 Å². The molecular weight excluding hydrogens is 318 g/mol. The summed E-state index contributed by atoms with van der Waals surface area (Å²) in [4.78, 5) is 1.21. The lowest BCUT2D eigenvalue weighted by molar-refractivity contribution is 0.588. The Bertz CT molecular complexity index is 713. The molecule has 108 valence electrons. The molecule has 0 bridgehead atoms. The summed E-state index contributed by atoms with van der Waals surface area (Å²) >= 11 is 7.33. The van der Waals surface area contributed by atoms with Crippen molar-refractivity contribution < 1.29 is 8.42 Å². The summed E-state index contributed by atoms with van der Waals surface area (Å²) in [6.07, 6.45) is 0. The number of benzene rings is 1. The normalized spacial score (nSPS) is 11.5. The largest absolute Gasteiger partial charge is 0.397 e. The standard InChI is InChI=1S/C12H14ClN3O2S2/c1-15-20(17,18)9-3-4-11(10(14)6-9)16-7-8-2-5-12(13)19-8/h2-6,15-16H,7,14H2,1H3. The van der Waals surface area contributed by atoms with Crippen molar-refractivity contribution in [3.8, 4) is 0 Å². The Hall–Kier alpha value is -1.28. The zero-order valence-electron chi connectivity index (χ0n) is 10.7. The van der Waals surface area contributed by atoms with E-state index >= 15 is 0 Å². The molecule has 2 rings (SSSR count). The topological polar surface area (TPSA) is 84.2 Å². The van der Waals surface area contributed by atoms with E-state index < -0.39 is 10.0 Å². The molecule has 0 amide bonds. The molecule has 0 fully saturated rings. The van der Waals surface area contributed by atoms with Gasteiger partial charge in [0.15, 0.2) is 0 Å². The molecule has 0 saturated heterocycles. The molecule has 0 saturated carbocycles. The molecule has 0 unspecified atom stereocenters. The van der Waals surface area contributed by atoms with Crippen molar-refractivity contribution in [3.63, 3.8) is 0 Å². The molecule has 5 nitrogen and oxygen atoms in total. The third-order valence-electron chi connectivity index (χ3n) is 2.68. The average Bonchev–Trinajstić information content (AvgIpc) is 2.83. The Morgan fingerprint density at radius 3 is 2.60 bits per heavy atom. The molecule has 0 aliphatic rings. The predicted octanol–water partition coefficient (Wildman–Crippen LogP) is 2.50. The zero-order valence-corrected chi connectivity index (χ0v) is 13.1. The highest BCUT2D eigenvalue weighted by atomic mass is 35.5. The summed E-state index contributed by atoms with van der Waals surface area (Å²) in [5.41, 5.74) is 6.93. The first-order valence-corrected chi connectivity index (χ1v) is 8.41. The second kappa shape index (κ2) is 6.01. The van der Waals surface area contributed by atoms with Crippen molar-refractivity contribution in [1.29, 1.82) is 0 Å². The maximum atomic E-state index is 11.6. The van der Waals surface area contributed by atoms with Gasteiger partial charge in [0.05, 0.1) is 20.6 Å². The predicted molar refractivity (Wildman–Crippen MR) is 83.8 cm³/mol. The zero-order chi connectivity index (χ0) is 14.8. The van der Waals surface area contributed by atoms with Crippen LogP contribution in [0.4, 0.5) is 11.4 Å². The lowest BCUT2D eigenvalue weighted by Crippen LogP contribution is -2.18. The molecule has 0 aliphatic carbocycles. The van der Waals surface area contributed by atoms with Crippen LogP contribution in [-0.4, -0.2) is 15.5 Å². The van der Waals surface area contributed by atoms with E-state index in [4.69, 9.17) is 17.3 Å². The Morgan fingerprint density at radius 1 is 1.30 bits per heavy atom. The van der Waals surface area contributed by atoms with Gasteiger partial charge in [0.25, 0.3) is 0 Å². The molecule has 2 aromatic rings. The number of hydrogen-bond acceptors (Lipinski definition) is 5.